The molecule has 0 saturated heterocycles. The average molecular weight is 300 g/mol. The van der Waals surface area contributed by atoms with Crippen LogP contribution in [0.15, 0.2) is 24.3 Å². The van der Waals surface area contributed by atoms with Crippen LogP contribution in [-0.2, 0) is 9.47 Å². The second-order valence-corrected chi connectivity index (χ2v) is 5.62. The largest absolute Gasteiger partial charge is 0.379 e. The van der Waals surface area contributed by atoms with Gasteiger partial charge >= 0.3 is 0 Å². The number of nitrogens with one attached hydrogen (secondary N) is 1. The maximum Gasteiger partial charge on any atom is 0.0950 e. The molecule has 0 spiro atoms. The Labute approximate surface area is 127 Å². The SMILES string of the molecule is CCNCC(OCCOCC(C)C)c1ccc(Cl)cc1. The van der Waals surface area contributed by atoms with Gasteiger partial charge in [-0.05, 0) is 30.2 Å². The number of hydrogen-bond acceptors (Lipinski definition) is 3. The summed E-state index contributed by atoms with van der Waals surface area (Å²) in [4.78, 5) is 0. The first-order valence-electron chi connectivity index (χ1n) is 7.29. The molecule has 0 saturated carbocycles. The van der Waals surface area contributed by atoms with Crippen LogP contribution in [0.5, 0.6) is 0 Å². The Morgan fingerprint density at radius 3 is 2.45 bits per heavy atom. The normalized spacial score (nSPS) is 12.8. The van der Waals surface area contributed by atoms with Crippen molar-refractivity contribution in [3.05, 3.63) is 34.9 Å². The van der Waals surface area contributed by atoms with E-state index in [2.05, 4.69) is 26.1 Å². The summed E-state index contributed by atoms with van der Waals surface area (Å²) in [6, 6.07) is 7.82. The molecule has 114 valence electrons. The van der Waals surface area contributed by atoms with E-state index in [0.29, 0.717) is 19.1 Å². The number of likely N-dealkylation sites (N-methyl/N-ethyl adjacent to an activating group) is 1. The molecule has 3 nitrogen and oxygen atoms in total. The second kappa shape index (κ2) is 10.2. The summed E-state index contributed by atoms with van der Waals surface area (Å²) in [5.74, 6) is 0.559. The summed E-state index contributed by atoms with van der Waals surface area (Å²) in [6.45, 7) is 10.1. The van der Waals surface area contributed by atoms with E-state index in [9.17, 15) is 0 Å². The van der Waals surface area contributed by atoms with E-state index in [-0.39, 0.29) is 6.10 Å². The topological polar surface area (TPSA) is 30.5 Å². The van der Waals surface area contributed by atoms with Crippen LogP contribution in [0.4, 0.5) is 0 Å². The van der Waals surface area contributed by atoms with Gasteiger partial charge in [0.1, 0.15) is 0 Å². The summed E-state index contributed by atoms with van der Waals surface area (Å²) >= 11 is 5.92. The second-order valence-electron chi connectivity index (χ2n) is 5.19. The molecule has 0 aliphatic rings. The molecule has 0 radical (unpaired) electrons. The number of rotatable bonds is 10. The quantitative estimate of drug-likeness (QED) is 0.669. The van der Waals surface area contributed by atoms with Crippen molar-refractivity contribution in [1.29, 1.82) is 0 Å². The zero-order valence-electron chi connectivity index (χ0n) is 12.7. The van der Waals surface area contributed by atoms with Crippen molar-refractivity contribution in [3.8, 4) is 0 Å². The Bertz CT molecular complexity index is 354. The first-order chi connectivity index (χ1) is 9.63. The van der Waals surface area contributed by atoms with E-state index in [1.54, 1.807) is 0 Å². The van der Waals surface area contributed by atoms with Crippen molar-refractivity contribution in [2.45, 2.75) is 26.9 Å². The smallest absolute Gasteiger partial charge is 0.0950 e. The van der Waals surface area contributed by atoms with Gasteiger partial charge in [0.2, 0.25) is 0 Å². The molecular formula is C16H26ClNO2. The summed E-state index contributed by atoms with van der Waals surface area (Å²) in [5, 5.41) is 4.07. The maximum absolute atomic E-state index is 5.92. The lowest BCUT2D eigenvalue weighted by Gasteiger charge is -2.19. The highest BCUT2D eigenvalue weighted by Crippen LogP contribution is 2.19. The Kier molecular flexibility index (Phi) is 8.86. The van der Waals surface area contributed by atoms with E-state index in [4.69, 9.17) is 21.1 Å². The molecule has 0 amide bonds. The molecule has 0 heterocycles. The van der Waals surface area contributed by atoms with Crippen molar-refractivity contribution < 1.29 is 9.47 Å². The number of halogens is 1. The number of hydrogen-bond donors (Lipinski definition) is 1. The van der Waals surface area contributed by atoms with Crippen LogP contribution in [0, 0.1) is 5.92 Å². The summed E-state index contributed by atoms with van der Waals surface area (Å²) in [6.07, 6.45) is 0.0369. The van der Waals surface area contributed by atoms with Gasteiger partial charge < -0.3 is 14.8 Å². The predicted octanol–water partition coefficient (Wildman–Crippen LogP) is 3.68. The molecule has 0 bridgehead atoms. The molecule has 20 heavy (non-hydrogen) atoms. The number of ether oxygens (including phenoxy) is 2. The van der Waals surface area contributed by atoms with Gasteiger partial charge in [-0.2, -0.15) is 0 Å². The van der Waals surface area contributed by atoms with E-state index in [0.717, 1.165) is 30.3 Å². The Morgan fingerprint density at radius 1 is 1.15 bits per heavy atom. The lowest BCUT2D eigenvalue weighted by Crippen LogP contribution is -2.24. The molecule has 1 N–H and O–H groups in total. The van der Waals surface area contributed by atoms with Crippen LogP contribution in [0.1, 0.15) is 32.4 Å². The van der Waals surface area contributed by atoms with Gasteiger partial charge in [-0.25, -0.2) is 0 Å². The minimum Gasteiger partial charge on any atom is -0.379 e. The molecule has 1 atom stereocenters. The summed E-state index contributed by atoms with van der Waals surface area (Å²) in [5.41, 5.74) is 1.14. The highest BCUT2D eigenvalue weighted by molar-refractivity contribution is 6.30. The highest BCUT2D eigenvalue weighted by Gasteiger charge is 2.11. The Hall–Kier alpha value is -0.610. The third-order valence-electron chi connectivity index (χ3n) is 2.82. The zero-order valence-corrected chi connectivity index (χ0v) is 13.5. The van der Waals surface area contributed by atoms with Crippen molar-refractivity contribution in [2.24, 2.45) is 5.92 Å². The summed E-state index contributed by atoms with van der Waals surface area (Å²) in [7, 11) is 0. The van der Waals surface area contributed by atoms with E-state index in [1.807, 2.05) is 24.3 Å². The van der Waals surface area contributed by atoms with Crippen LogP contribution in [0.3, 0.4) is 0 Å². The fourth-order valence-corrected chi connectivity index (χ4v) is 1.92. The predicted molar refractivity (Wildman–Crippen MR) is 84.3 cm³/mol. The highest BCUT2D eigenvalue weighted by atomic mass is 35.5. The molecule has 1 unspecified atom stereocenters. The zero-order chi connectivity index (χ0) is 14.8. The monoisotopic (exact) mass is 299 g/mol. The van der Waals surface area contributed by atoms with Gasteiger partial charge in [-0.1, -0.05) is 44.5 Å². The lowest BCUT2D eigenvalue weighted by atomic mass is 10.1. The van der Waals surface area contributed by atoms with Crippen LogP contribution in [-0.4, -0.2) is 32.9 Å². The van der Waals surface area contributed by atoms with Gasteiger partial charge in [0.25, 0.3) is 0 Å². The molecule has 0 aromatic heterocycles. The van der Waals surface area contributed by atoms with Crippen LogP contribution < -0.4 is 5.32 Å². The molecule has 0 aliphatic carbocycles. The molecule has 1 aromatic rings. The van der Waals surface area contributed by atoms with Gasteiger partial charge in [-0.3, -0.25) is 0 Å². The van der Waals surface area contributed by atoms with Gasteiger partial charge in [-0.15, -0.1) is 0 Å². The maximum atomic E-state index is 5.92. The van der Waals surface area contributed by atoms with E-state index < -0.39 is 0 Å². The third-order valence-corrected chi connectivity index (χ3v) is 3.07. The standard InChI is InChI=1S/C16H26ClNO2/c1-4-18-11-16(14-5-7-15(17)8-6-14)20-10-9-19-12-13(2)3/h5-8,13,16,18H,4,9-12H2,1-3H3. The molecule has 0 fully saturated rings. The summed E-state index contributed by atoms with van der Waals surface area (Å²) < 4.78 is 11.5. The van der Waals surface area contributed by atoms with Gasteiger partial charge in [0, 0.05) is 18.2 Å². The van der Waals surface area contributed by atoms with Crippen molar-refractivity contribution >= 4 is 11.6 Å². The fourth-order valence-electron chi connectivity index (χ4n) is 1.79. The Morgan fingerprint density at radius 2 is 1.85 bits per heavy atom. The molecule has 0 aliphatic heterocycles. The van der Waals surface area contributed by atoms with Gasteiger partial charge in [0.15, 0.2) is 0 Å². The van der Waals surface area contributed by atoms with Crippen LogP contribution in [0.25, 0.3) is 0 Å². The van der Waals surface area contributed by atoms with Crippen LogP contribution in [0.2, 0.25) is 5.02 Å². The minimum absolute atomic E-state index is 0.0369. The van der Waals surface area contributed by atoms with Crippen LogP contribution >= 0.6 is 11.6 Å². The van der Waals surface area contributed by atoms with E-state index in [1.165, 1.54) is 0 Å². The first-order valence-corrected chi connectivity index (χ1v) is 7.66. The van der Waals surface area contributed by atoms with Crippen molar-refractivity contribution in [2.75, 3.05) is 32.9 Å². The first kappa shape index (κ1) is 17.4. The third kappa shape index (κ3) is 7.25. The Balaban J connectivity index is 2.41. The average Bonchev–Trinajstić information content (AvgIpc) is 2.42. The fraction of sp³-hybridized carbons (Fsp3) is 0.625. The lowest BCUT2D eigenvalue weighted by molar-refractivity contribution is -0.00112. The van der Waals surface area contributed by atoms with Crippen molar-refractivity contribution in [3.63, 3.8) is 0 Å². The molecule has 1 rings (SSSR count). The molecule has 4 heteroatoms. The minimum atomic E-state index is 0.0369. The molecular weight excluding hydrogens is 274 g/mol. The van der Waals surface area contributed by atoms with E-state index >= 15 is 0 Å². The van der Waals surface area contributed by atoms with Gasteiger partial charge in [0.05, 0.1) is 19.3 Å². The molecule has 1 aromatic carbocycles. The number of benzene rings is 1. The van der Waals surface area contributed by atoms with Crippen molar-refractivity contribution in [1.82, 2.24) is 5.32 Å².